The maximum atomic E-state index is 13.2. The first-order valence-electron chi connectivity index (χ1n) is 5.36. The van der Waals surface area contributed by atoms with Gasteiger partial charge in [0.05, 0.1) is 6.20 Å². The summed E-state index contributed by atoms with van der Waals surface area (Å²) in [6, 6.07) is 0.822. The molecule has 2 nitrogen and oxygen atoms in total. The van der Waals surface area contributed by atoms with E-state index in [4.69, 9.17) is 11.6 Å². The van der Waals surface area contributed by atoms with Crippen molar-refractivity contribution in [1.29, 1.82) is 0 Å². The molecule has 1 aliphatic carbocycles. The molecule has 0 aliphatic heterocycles. The van der Waals surface area contributed by atoms with E-state index < -0.39 is 11.6 Å². The summed E-state index contributed by atoms with van der Waals surface area (Å²) in [5, 5.41) is 3.02. The van der Waals surface area contributed by atoms with E-state index in [1.54, 1.807) is 0 Å². The molecule has 0 bridgehead atoms. The first-order chi connectivity index (χ1) is 7.66. The van der Waals surface area contributed by atoms with Crippen LogP contribution in [0.3, 0.4) is 0 Å². The molecule has 88 valence electrons. The van der Waals surface area contributed by atoms with Gasteiger partial charge in [0, 0.05) is 18.0 Å². The average molecular weight is 247 g/mol. The molecule has 0 aromatic carbocycles. The normalized spacial score (nSPS) is 24.7. The van der Waals surface area contributed by atoms with Crippen molar-refractivity contribution in [2.24, 2.45) is 5.92 Å². The first kappa shape index (κ1) is 11.6. The van der Waals surface area contributed by atoms with Crippen LogP contribution in [0.1, 0.15) is 19.3 Å². The molecule has 1 fully saturated rings. The first-order valence-corrected chi connectivity index (χ1v) is 5.79. The highest BCUT2D eigenvalue weighted by molar-refractivity contribution is 6.20. The Kier molecular flexibility index (Phi) is 3.59. The van der Waals surface area contributed by atoms with E-state index in [0.717, 1.165) is 31.5 Å². The van der Waals surface area contributed by atoms with Crippen LogP contribution >= 0.6 is 11.6 Å². The van der Waals surface area contributed by atoms with Gasteiger partial charge in [-0.3, -0.25) is 0 Å². The van der Waals surface area contributed by atoms with Gasteiger partial charge >= 0.3 is 0 Å². The van der Waals surface area contributed by atoms with Crippen molar-refractivity contribution in [3.05, 3.63) is 23.9 Å². The number of hydrogen-bond donors (Lipinski definition) is 1. The van der Waals surface area contributed by atoms with E-state index in [-0.39, 0.29) is 11.2 Å². The lowest BCUT2D eigenvalue weighted by molar-refractivity contribution is 0.562. The standard InChI is InChI=1S/C11H13ClF2N2/c12-9-3-1-2-7(9)5-15-11-10(14)4-8(13)6-16-11/h4,6-7,9H,1-3,5H2,(H,15,16). The minimum Gasteiger partial charge on any atom is -0.367 e. The summed E-state index contributed by atoms with van der Waals surface area (Å²) >= 11 is 6.10. The zero-order chi connectivity index (χ0) is 11.5. The molecule has 0 spiro atoms. The fourth-order valence-corrected chi connectivity index (χ4v) is 2.36. The van der Waals surface area contributed by atoms with Crippen molar-refractivity contribution >= 4 is 17.4 Å². The third-order valence-electron chi connectivity index (χ3n) is 2.91. The van der Waals surface area contributed by atoms with E-state index >= 15 is 0 Å². The predicted octanol–water partition coefficient (Wildman–Crippen LogP) is 3.18. The van der Waals surface area contributed by atoms with Gasteiger partial charge in [0.2, 0.25) is 0 Å². The van der Waals surface area contributed by atoms with Gasteiger partial charge in [0.25, 0.3) is 0 Å². The molecule has 0 radical (unpaired) electrons. The van der Waals surface area contributed by atoms with Gasteiger partial charge < -0.3 is 5.32 Å². The lowest BCUT2D eigenvalue weighted by Gasteiger charge is -2.14. The number of alkyl halides is 1. The van der Waals surface area contributed by atoms with Gasteiger partial charge in [0.1, 0.15) is 5.82 Å². The van der Waals surface area contributed by atoms with Crippen LogP contribution in [0.2, 0.25) is 0 Å². The van der Waals surface area contributed by atoms with Crippen molar-refractivity contribution in [2.75, 3.05) is 11.9 Å². The molecule has 1 aliphatic rings. The van der Waals surface area contributed by atoms with Crippen LogP contribution in [-0.2, 0) is 0 Å². The summed E-state index contributed by atoms with van der Waals surface area (Å²) in [7, 11) is 0. The molecule has 16 heavy (non-hydrogen) atoms. The van der Waals surface area contributed by atoms with Gasteiger partial charge in [-0.1, -0.05) is 6.42 Å². The summed E-state index contributed by atoms with van der Waals surface area (Å²) in [5.74, 6) is -0.895. The zero-order valence-corrected chi connectivity index (χ0v) is 9.47. The molecule has 1 heterocycles. The highest BCUT2D eigenvalue weighted by Gasteiger charge is 2.25. The Morgan fingerprint density at radius 1 is 1.44 bits per heavy atom. The molecule has 1 saturated carbocycles. The average Bonchev–Trinajstić information content (AvgIpc) is 2.63. The number of nitrogens with zero attached hydrogens (tertiary/aromatic N) is 1. The number of nitrogens with one attached hydrogen (secondary N) is 1. The summed E-state index contributed by atoms with van der Waals surface area (Å²) in [5.41, 5.74) is 0. The molecule has 1 aromatic rings. The van der Waals surface area contributed by atoms with Crippen LogP contribution in [0, 0.1) is 17.6 Å². The van der Waals surface area contributed by atoms with Crippen LogP contribution in [0.25, 0.3) is 0 Å². The maximum Gasteiger partial charge on any atom is 0.168 e. The quantitative estimate of drug-likeness (QED) is 0.829. The molecule has 1 N–H and O–H groups in total. The summed E-state index contributed by atoms with van der Waals surface area (Å²) in [6.07, 6.45) is 4.16. The SMILES string of the molecule is Fc1cnc(NCC2CCCC2Cl)c(F)c1. The van der Waals surface area contributed by atoms with Crippen LogP contribution in [0.5, 0.6) is 0 Å². The minimum atomic E-state index is -0.667. The van der Waals surface area contributed by atoms with Crippen LogP contribution < -0.4 is 5.32 Å². The number of anilines is 1. The Balaban J connectivity index is 1.94. The molecule has 2 atom stereocenters. The lowest BCUT2D eigenvalue weighted by Crippen LogP contribution is -2.19. The predicted molar refractivity (Wildman–Crippen MR) is 59.6 cm³/mol. The number of aromatic nitrogens is 1. The molecule has 0 amide bonds. The third-order valence-corrected chi connectivity index (χ3v) is 3.48. The smallest absolute Gasteiger partial charge is 0.168 e. The van der Waals surface area contributed by atoms with E-state index in [0.29, 0.717) is 12.5 Å². The van der Waals surface area contributed by atoms with E-state index in [9.17, 15) is 8.78 Å². The number of hydrogen-bond acceptors (Lipinski definition) is 2. The third kappa shape index (κ3) is 2.61. The van der Waals surface area contributed by atoms with Gasteiger partial charge in [-0.2, -0.15) is 0 Å². The van der Waals surface area contributed by atoms with Gasteiger partial charge in [-0.25, -0.2) is 13.8 Å². The molecule has 0 saturated heterocycles. The highest BCUT2D eigenvalue weighted by atomic mass is 35.5. The van der Waals surface area contributed by atoms with Crippen molar-refractivity contribution in [3.8, 4) is 0 Å². The topological polar surface area (TPSA) is 24.9 Å². The Morgan fingerprint density at radius 3 is 2.88 bits per heavy atom. The summed E-state index contributed by atoms with van der Waals surface area (Å²) in [4.78, 5) is 3.66. The van der Waals surface area contributed by atoms with Crippen molar-refractivity contribution in [1.82, 2.24) is 4.98 Å². The van der Waals surface area contributed by atoms with E-state index in [1.807, 2.05) is 0 Å². The second-order valence-corrected chi connectivity index (χ2v) is 4.63. The Labute approximate surface area is 98.0 Å². The number of pyridine rings is 1. The van der Waals surface area contributed by atoms with Crippen molar-refractivity contribution in [3.63, 3.8) is 0 Å². The molecular formula is C11H13ClF2N2. The second kappa shape index (κ2) is 4.95. The van der Waals surface area contributed by atoms with Crippen molar-refractivity contribution in [2.45, 2.75) is 24.6 Å². The molecular weight excluding hydrogens is 234 g/mol. The molecule has 1 aromatic heterocycles. The monoisotopic (exact) mass is 246 g/mol. The van der Waals surface area contributed by atoms with Crippen LogP contribution in [-0.4, -0.2) is 16.9 Å². The van der Waals surface area contributed by atoms with E-state index in [1.165, 1.54) is 0 Å². The Hall–Kier alpha value is -0.900. The minimum absolute atomic E-state index is 0.0946. The highest BCUT2D eigenvalue weighted by Crippen LogP contribution is 2.30. The summed E-state index contributed by atoms with van der Waals surface area (Å²) in [6.45, 7) is 0.587. The lowest BCUT2D eigenvalue weighted by atomic mass is 10.1. The fourth-order valence-electron chi connectivity index (χ4n) is 1.99. The Bertz CT molecular complexity index is 373. The van der Waals surface area contributed by atoms with E-state index in [2.05, 4.69) is 10.3 Å². The van der Waals surface area contributed by atoms with Gasteiger partial charge in [0.15, 0.2) is 11.6 Å². The van der Waals surface area contributed by atoms with Crippen LogP contribution in [0.15, 0.2) is 12.3 Å². The Morgan fingerprint density at radius 2 is 2.25 bits per heavy atom. The maximum absolute atomic E-state index is 13.2. The van der Waals surface area contributed by atoms with Crippen LogP contribution in [0.4, 0.5) is 14.6 Å². The molecule has 2 unspecified atom stereocenters. The largest absolute Gasteiger partial charge is 0.367 e. The molecule has 5 heteroatoms. The molecule has 2 rings (SSSR count). The second-order valence-electron chi connectivity index (χ2n) is 4.07. The fraction of sp³-hybridized carbons (Fsp3) is 0.545. The number of rotatable bonds is 3. The van der Waals surface area contributed by atoms with Gasteiger partial charge in [-0.05, 0) is 18.8 Å². The zero-order valence-electron chi connectivity index (χ0n) is 8.72. The van der Waals surface area contributed by atoms with Gasteiger partial charge in [-0.15, -0.1) is 11.6 Å². The summed E-state index contributed by atoms with van der Waals surface area (Å²) < 4.78 is 25.8. The van der Waals surface area contributed by atoms with Crippen molar-refractivity contribution < 1.29 is 8.78 Å². The number of halogens is 3.